The van der Waals surface area contributed by atoms with Crippen molar-refractivity contribution in [1.82, 2.24) is 9.29 Å². The van der Waals surface area contributed by atoms with Crippen LogP contribution in [0, 0.1) is 11.3 Å². The molecule has 1 fully saturated rings. The molecule has 0 unspecified atom stereocenters. The molecule has 0 N–H and O–H groups in total. The van der Waals surface area contributed by atoms with E-state index in [4.69, 9.17) is 16.0 Å². The highest BCUT2D eigenvalue weighted by molar-refractivity contribution is 7.89. The van der Waals surface area contributed by atoms with Crippen molar-refractivity contribution in [3.8, 4) is 6.07 Å². The van der Waals surface area contributed by atoms with Gasteiger partial charge in [0.1, 0.15) is 6.07 Å². The van der Waals surface area contributed by atoms with Gasteiger partial charge >= 0.3 is 6.18 Å². The van der Waals surface area contributed by atoms with Gasteiger partial charge in [0.05, 0.1) is 10.5 Å². The first-order valence-corrected chi connectivity index (χ1v) is 12.2. The van der Waals surface area contributed by atoms with E-state index in [-0.39, 0.29) is 43.6 Å². The fourth-order valence-electron chi connectivity index (χ4n) is 3.54. The van der Waals surface area contributed by atoms with E-state index in [1.54, 1.807) is 41.3 Å². The molecule has 1 aliphatic rings. The van der Waals surface area contributed by atoms with Crippen LogP contribution in [-0.2, 0) is 16.2 Å². The fraction of sp³-hybridized carbons (Fsp3) is 0.217. The molecule has 35 heavy (non-hydrogen) atoms. The summed E-state index contributed by atoms with van der Waals surface area (Å²) in [5, 5.41) is 10.1. The Morgan fingerprint density at radius 2 is 1.74 bits per heavy atom. The van der Waals surface area contributed by atoms with Gasteiger partial charge in [0.15, 0.2) is 0 Å². The molecule has 1 aliphatic heterocycles. The number of alkyl halides is 3. The lowest BCUT2D eigenvalue weighted by Gasteiger charge is -2.33. The zero-order chi connectivity index (χ0) is 25.2. The van der Waals surface area contributed by atoms with E-state index in [2.05, 4.69) is 4.98 Å². The molecule has 0 bridgehead atoms. The molecule has 1 saturated heterocycles. The number of nitrogens with zero attached hydrogens (tertiary/aromatic N) is 4. The summed E-state index contributed by atoms with van der Waals surface area (Å²) in [5.74, 6) is 0.407. The molecule has 4 rings (SSSR count). The Hall–Kier alpha value is -3.33. The van der Waals surface area contributed by atoms with Crippen LogP contribution in [-0.4, -0.2) is 43.9 Å². The molecule has 182 valence electrons. The minimum absolute atomic E-state index is 0.0000940. The van der Waals surface area contributed by atoms with Crippen LogP contribution in [0.4, 0.5) is 19.1 Å². The molecule has 0 saturated carbocycles. The van der Waals surface area contributed by atoms with Crippen molar-refractivity contribution < 1.29 is 26.0 Å². The van der Waals surface area contributed by atoms with Crippen molar-refractivity contribution in [2.75, 3.05) is 31.1 Å². The average molecular weight is 523 g/mol. The molecular weight excluding hydrogens is 505 g/mol. The Balaban J connectivity index is 1.48. The van der Waals surface area contributed by atoms with Crippen LogP contribution in [0.25, 0.3) is 12.2 Å². The number of halogens is 4. The number of hydrogen-bond donors (Lipinski definition) is 0. The smallest absolute Gasteiger partial charge is 0.416 e. The van der Waals surface area contributed by atoms with Gasteiger partial charge in [0.2, 0.25) is 27.5 Å². The fourth-order valence-corrected chi connectivity index (χ4v) is 5.14. The number of oxazole rings is 1. The maximum absolute atomic E-state index is 13.0. The van der Waals surface area contributed by atoms with Gasteiger partial charge in [-0.2, -0.15) is 27.7 Å². The number of rotatable bonds is 5. The second-order valence-corrected chi connectivity index (χ2v) is 9.99. The summed E-state index contributed by atoms with van der Waals surface area (Å²) in [6.07, 6.45) is -1.31. The van der Waals surface area contributed by atoms with Crippen LogP contribution < -0.4 is 4.90 Å². The van der Waals surface area contributed by atoms with Crippen LogP contribution in [0.2, 0.25) is 5.02 Å². The summed E-state index contributed by atoms with van der Waals surface area (Å²) < 4.78 is 71.7. The van der Waals surface area contributed by atoms with Crippen LogP contribution >= 0.6 is 11.6 Å². The van der Waals surface area contributed by atoms with Crippen molar-refractivity contribution in [2.45, 2.75) is 11.1 Å². The van der Waals surface area contributed by atoms with Gasteiger partial charge in [-0.25, -0.2) is 8.42 Å². The highest BCUT2D eigenvalue weighted by Crippen LogP contribution is 2.32. The number of aromatic nitrogens is 1. The Morgan fingerprint density at radius 1 is 1.06 bits per heavy atom. The summed E-state index contributed by atoms with van der Waals surface area (Å²) in [6, 6.07) is 12.7. The van der Waals surface area contributed by atoms with Crippen LogP contribution in [0.5, 0.6) is 0 Å². The van der Waals surface area contributed by atoms with E-state index in [9.17, 15) is 26.9 Å². The minimum Gasteiger partial charge on any atom is -0.420 e. The van der Waals surface area contributed by atoms with E-state index in [0.29, 0.717) is 11.1 Å². The molecule has 0 spiro atoms. The average Bonchev–Trinajstić information content (AvgIpc) is 3.27. The third-order valence-electron chi connectivity index (χ3n) is 5.35. The highest BCUT2D eigenvalue weighted by atomic mass is 35.5. The van der Waals surface area contributed by atoms with E-state index < -0.39 is 26.7 Å². The SMILES string of the molecule is N#Cc1nc(C=Cc2ccc(Cl)cc2)oc1N1CCN(S(=O)(=O)c2cccc(C(F)(F)F)c2)CC1. The van der Waals surface area contributed by atoms with Crippen LogP contribution in [0.3, 0.4) is 0 Å². The maximum Gasteiger partial charge on any atom is 0.416 e. The summed E-state index contributed by atoms with van der Waals surface area (Å²) in [5.41, 5.74) is -0.132. The lowest BCUT2D eigenvalue weighted by Crippen LogP contribution is -2.48. The van der Waals surface area contributed by atoms with Crippen molar-refractivity contribution in [3.63, 3.8) is 0 Å². The molecule has 2 heterocycles. The molecule has 0 amide bonds. The van der Waals surface area contributed by atoms with Gasteiger partial charge in [-0.15, -0.1) is 0 Å². The van der Waals surface area contributed by atoms with Gasteiger partial charge in [-0.3, -0.25) is 0 Å². The van der Waals surface area contributed by atoms with E-state index in [1.807, 2.05) is 6.07 Å². The lowest BCUT2D eigenvalue weighted by atomic mass is 10.2. The Labute approximate surface area is 204 Å². The van der Waals surface area contributed by atoms with Crippen molar-refractivity contribution in [2.24, 2.45) is 0 Å². The predicted molar refractivity (Wildman–Crippen MR) is 124 cm³/mol. The quantitative estimate of drug-likeness (QED) is 0.473. The number of anilines is 1. The van der Waals surface area contributed by atoms with Crippen molar-refractivity contribution >= 4 is 39.7 Å². The number of piperazine rings is 1. The normalized spacial score (nSPS) is 15.5. The first kappa shape index (κ1) is 24.8. The van der Waals surface area contributed by atoms with E-state index >= 15 is 0 Å². The zero-order valence-electron chi connectivity index (χ0n) is 18.0. The number of hydrogen-bond acceptors (Lipinski definition) is 6. The van der Waals surface area contributed by atoms with E-state index in [1.165, 1.54) is 0 Å². The highest BCUT2D eigenvalue weighted by Gasteiger charge is 2.34. The topological polar surface area (TPSA) is 90.4 Å². The molecular formula is C23H18ClF3N4O3S. The summed E-state index contributed by atoms with van der Waals surface area (Å²) >= 11 is 5.87. The second-order valence-electron chi connectivity index (χ2n) is 7.62. The largest absolute Gasteiger partial charge is 0.420 e. The zero-order valence-corrected chi connectivity index (χ0v) is 19.6. The molecule has 0 radical (unpaired) electrons. The molecule has 7 nitrogen and oxygen atoms in total. The number of sulfonamides is 1. The first-order chi connectivity index (χ1) is 16.6. The predicted octanol–water partition coefficient (Wildman–Crippen LogP) is 4.90. The molecule has 0 atom stereocenters. The second kappa shape index (κ2) is 9.73. The minimum atomic E-state index is -4.65. The Kier molecular flexibility index (Phi) is 6.89. The molecule has 2 aromatic carbocycles. The third-order valence-corrected chi connectivity index (χ3v) is 7.49. The number of benzene rings is 2. The summed E-state index contributed by atoms with van der Waals surface area (Å²) in [7, 11) is -4.13. The van der Waals surface area contributed by atoms with Gasteiger partial charge in [0, 0.05) is 37.3 Å². The van der Waals surface area contributed by atoms with Gasteiger partial charge in [-0.05, 0) is 42.0 Å². The standard InChI is InChI=1S/C23H18ClF3N4O3S/c24-18-7-4-16(5-8-18)6-9-21-29-20(15-28)22(34-21)30-10-12-31(13-11-30)35(32,33)19-3-1-2-17(14-19)23(25,26)27/h1-9,14H,10-13H2. The monoisotopic (exact) mass is 522 g/mol. The van der Waals surface area contributed by atoms with E-state index in [0.717, 1.165) is 28.1 Å². The van der Waals surface area contributed by atoms with Crippen LogP contribution in [0.15, 0.2) is 57.8 Å². The molecule has 0 aliphatic carbocycles. The maximum atomic E-state index is 13.0. The summed E-state index contributed by atoms with van der Waals surface area (Å²) in [6.45, 7) is 0.338. The molecule has 12 heteroatoms. The van der Waals surface area contributed by atoms with Gasteiger partial charge in [0.25, 0.3) is 0 Å². The molecule has 1 aromatic heterocycles. The molecule has 3 aromatic rings. The van der Waals surface area contributed by atoms with Crippen LogP contribution in [0.1, 0.15) is 22.7 Å². The Bertz CT molecular complexity index is 1390. The van der Waals surface area contributed by atoms with Gasteiger partial charge < -0.3 is 9.32 Å². The first-order valence-electron chi connectivity index (χ1n) is 10.3. The third kappa shape index (κ3) is 5.51. The lowest BCUT2D eigenvalue weighted by molar-refractivity contribution is -0.137. The van der Waals surface area contributed by atoms with Gasteiger partial charge in [-0.1, -0.05) is 29.8 Å². The van der Waals surface area contributed by atoms with Crippen molar-refractivity contribution in [3.05, 3.63) is 76.3 Å². The van der Waals surface area contributed by atoms with Crippen molar-refractivity contribution in [1.29, 1.82) is 5.26 Å². The Morgan fingerprint density at radius 3 is 2.37 bits per heavy atom. The number of nitriles is 1. The summed E-state index contributed by atoms with van der Waals surface area (Å²) in [4.78, 5) is 5.42.